The number of carbonyl (C=O) groups excluding carboxylic acids is 2. The minimum atomic E-state index is -0.852. The number of hydrogen-bond acceptors (Lipinski definition) is 6. The van der Waals surface area contributed by atoms with Gasteiger partial charge in [-0.15, -0.1) is 0 Å². The van der Waals surface area contributed by atoms with Crippen molar-refractivity contribution in [1.29, 1.82) is 0 Å². The molecule has 164 valence electrons. The molecule has 0 saturated carbocycles. The van der Waals surface area contributed by atoms with Crippen molar-refractivity contribution in [2.45, 2.75) is 45.1 Å². The molecule has 3 rings (SSSR count). The van der Waals surface area contributed by atoms with Crippen LogP contribution < -0.4 is 10.6 Å². The highest BCUT2D eigenvalue weighted by Crippen LogP contribution is 2.35. The summed E-state index contributed by atoms with van der Waals surface area (Å²) in [5.41, 5.74) is 6.54. The molecule has 0 radical (unpaired) electrons. The van der Waals surface area contributed by atoms with Gasteiger partial charge in [0.1, 0.15) is 17.1 Å². The molecule has 0 aliphatic carbocycles. The maximum absolute atomic E-state index is 13.0. The number of benzene rings is 2. The Bertz CT molecular complexity index is 999. The van der Waals surface area contributed by atoms with E-state index in [1.807, 2.05) is 19.1 Å². The lowest BCUT2D eigenvalue weighted by Crippen LogP contribution is -2.43. The molecule has 1 aliphatic heterocycles. The Kier molecular flexibility index (Phi) is 6.53. The molecule has 0 aromatic heterocycles. The summed E-state index contributed by atoms with van der Waals surface area (Å²) < 4.78 is 5.79. The molecule has 0 spiro atoms. The zero-order valence-electron chi connectivity index (χ0n) is 17.8. The van der Waals surface area contributed by atoms with Crippen molar-refractivity contribution >= 4 is 17.6 Å². The van der Waals surface area contributed by atoms with Gasteiger partial charge in [-0.1, -0.05) is 25.1 Å². The zero-order valence-corrected chi connectivity index (χ0v) is 17.8. The van der Waals surface area contributed by atoms with Gasteiger partial charge in [0, 0.05) is 24.2 Å². The minimum Gasteiger partial charge on any atom is -0.510 e. The van der Waals surface area contributed by atoms with Crippen molar-refractivity contribution < 1.29 is 24.5 Å². The molecule has 1 aliphatic rings. The van der Waals surface area contributed by atoms with Crippen LogP contribution in [0.3, 0.4) is 0 Å². The molecule has 7 nitrogen and oxygen atoms in total. The summed E-state index contributed by atoms with van der Waals surface area (Å²) in [7, 11) is 0. The van der Waals surface area contributed by atoms with E-state index in [9.17, 15) is 19.8 Å². The van der Waals surface area contributed by atoms with Gasteiger partial charge in [0.15, 0.2) is 5.70 Å². The van der Waals surface area contributed by atoms with E-state index in [1.54, 1.807) is 48.2 Å². The number of carbonyl (C=O) groups is 2. The lowest BCUT2D eigenvalue weighted by Gasteiger charge is -2.37. The van der Waals surface area contributed by atoms with Crippen LogP contribution in [0.4, 0.5) is 5.69 Å². The summed E-state index contributed by atoms with van der Waals surface area (Å²) in [6, 6.07) is 13.5. The van der Waals surface area contributed by atoms with Gasteiger partial charge in [0.2, 0.25) is 5.91 Å². The van der Waals surface area contributed by atoms with E-state index in [0.29, 0.717) is 37.1 Å². The molecule has 0 fully saturated rings. The van der Waals surface area contributed by atoms with Gasteiger partial charge in [-0.05, 0) is 62.1 Å². The Morgan fingerprint density at radius 1 is 1.19 bits per heavy atom. The van der Waals surface area contributed by atoms with Crippen LogP contribution in [0.1, 0.15) is 49.0 Å². The highest BCUT2D eigenvalue weighted by atomic mass is 16.6. The fraction of sp³-hybridized carbons (Fsp3) is 0.333. The summed E-state index contributed by atoms with van der Waals surface area (Å²) in [5, 5.41) is 20.3. The first-order chi connectivity index (χ1) is 14.7. The standard InChI is InChI=1S/C24H28N2O5/c1-3-13-26(18-6-4-5-17(14-18)22(25)29)21-20(28)15-24(2,31-23(21)30)12-11-16-7-9-19(27)10-8-16/h4-10,14,27-28H,3,11-13,15H2,1-2H3,(H2,25,29). The molecule has 2 aromatic rings. The van der Waals surface area contributed by atoms with Crippen LogP contribution in [0.25, 0.3) is 0 Å². The Hall–Kier alpha value is -3.48. The first-order valence-electron chi connectivity index (χ1n) is 10.3. The number of phenols is 1. The van der Waals surface area contributed by atoms with Crippen LogP contribution in [0, 0.1) is 0 Å². The highest BCUT2D eigenvalue weighted by Gasteiger charge is 2.40. The number of aliphatic hydroxyl groups is 1. The zero-order chi connectivity index (χ0) is 22.6. The van der Waals surface area contributed by atoms with Crippen LogP contribution in [0.5, 0.6) is 5.75 Å². The number of nitrogens with two attached hydrogens (primary N) is 1. The Balaban J connectivity index is 1.84. The van der Waals surface area contributed by atoms with Crippen LogP contribution in [-0.2, 0) is 16.0 Å². The minimum absolute atomic E-state index is 0.0395. The number of aliphatic hydroxyl groups excluding tert-OH is 1. The number of phenolic OH excluding ortho intramolecular Hbond substituents is 1. The maximum atomic E-state index is 13.0. The quantitative estimate of drug-likeness (QED) is 0.555. The molecular formula is C24H28N2O5. The smallest absolute Gasteiger partial charge is 0.359 e. The number of nitrogens with zero attached hydrogens (tertiary/aromatic N) is 1. The second-order valence-electron chi connectivity index (χ2n) is 8.04. The van der Waals surface area contributed by atoms with Gasteiger partial charge in [0.05, 0.1) is 0 Å². The second kappa shape index (κ2) is 9.12. The van der Waals surface area contributed by atoms with Gasteiger partial charge in [0.25, 0.3) is 0 Å². The molecule has 1 unspecified atom stereocenters. The van der Waals surface area contributed by atoms with Gasteiger partial charge in [-0.3, -0.25) is 4.79 Å². The lowest BCUT2D eigenvalue weighted by atomic mass is 9.90. The average Bonchev–Trinajstić information content (AvgIpc) is 2.72. The molecular weight excluding hydrogens is 396 g/mol. The molecule has 31 heavy (non-hydrogen) atoms. The van der Waals surface area contributed by atoms with E-state index in [2.05, 4.69) is 0 Å². The van der Waals surface area contributed by atoms with Crippen molar-refractivity contribution in [3.05, 3.63) is 71.1 Å². The number of anilines is 1. The van der Waals surface area contributed by atoms with Crippen molar-refractivity contribution in [3.8, 4) is 5.75 Å². The number of aromatic hydroxyl groups is 1. The molecule has 7 heteroatoms. The number of primary amides is 1. The highest BCUT2D eigenvalue weighted by molar-refractivity contribution is 5.96. The van der Waals surface area contributed by atoms with E-state index in [4.69, 9.17) is 10.5 Å². The fourth-order valence-corrected chi connectivity index (χ4v) is 3.76. The van der Waals surface area contributed by atoms with Gasteiger partial charge < -0.3 is 25.6 Å². The van der Waals surface area contributed by atoms with Crippen molar-refractivity contribution in [3.63, 3.8) is 0 Å². The van der Waals surface area contributed by atoms with Crippen LogP contribution in [-0.4, -0.2) is 34.2 Å². The molecule has 0 saturated heterocycles. The topological polar surface area (TPSA) is 113 Å². The SMILES string of the molecule is CCCN(C1=C(O)CC(C)(CCc2ccc(O)cc2)OC1=O)c1cccc(C(N)=O)c1. The first-order valence-corrected chi connectivity index (χ1v) is 10.3. The largest absolute Gasteiger partial charge is 0.510 e. The molecule has 1 heterocycles. The molecule has 1 amide bonds. The fourth-order valence-electron chi connectivity index (χ4n) is 3.76. The monoisotopic (exact) mass is 424 g/mol. The third-order valence-corrected chi connectivity index (χ3v) is 5.39. The summed E-state index contributed by atoms with van der Waals surface area (Å²) in [5.74, 6) is -1.01. The van der Waals surface area contributed by atoms with Crippen LogP contribution in [0.2, 0.25) is 0 Å². The van der Waals surface area contributed by atoms with E-state index < -0.39 is 17.5 Å². The predicted octanol–water partition coefficient (Wildman–Crippen LogP) is 3.82. The third kappa shape index (κ3) is 5.17. The van der Waals surface area contributed by atoms with Crippen molar-refractivity contribution in [1.82, 2.24) is 0 Å². The average molecular weight is 424 g/mol. The first kappa shape index (κ1) is 22.2. The number of esters is 1. The number of hydrogen-bond donors (Lipinski definition) is 3. The van der Waals surface area contributed by atoms with Crippen LogP contribution in [0.15, 0.2) is 60.0 Å². The lowest BCUT2D eigenvalue weighted by molar-refractivity contribution is -0.157. The Morgan fingerprint density at radius 2 is 1.90 bits per heavy atom. The van der Waals surface area contributed by atoms with E-state index in [0.717, 1.165) is 5.56 Å². The van der Waals surface area contributed by atoms with Gasteiger partial charge in [-0.25, -0.2) is 4.79 Å². The number of amides is 1. The number of rotatable bonds is 8. The van der Waals surface area contributed by atoms with Crippen molar-refractivity contribution in [2.75, 3.05) is 11.4 Å². The molecule has 0 bridgehead atoms. The normalized spacial score (nSPS) is 18.6. The van der Waals surface area contributed by atoms with Crippen molar-refractivity contribution in [2.24, 2.45) is 5.73 Å². The maximum Gasteiger partial charge on any atom is 0.359 e. The Morgan fingerprint density at radius 3 is 2.52 bits per heavy atom. The summed E-state index contributed by atoms with van der Waals surface area (Å²) >= 11 is 0. The Labute approximate surface area is 181 Å². The van der Waals surface area contributed by atoms with E-state index in [-0.39, 0.29) is 23.6 Å². The van der Waals surface area contributed by atoms with Crippen LogP contribution >= 0.6 is 0 Å². The summed E-state index contributed by atoms with van der Waals surface area (Å²) in [6.07, 6.45) is 2.04. The second-order valence-corrected chi connectivity index (χ2v) is 8.04. The molecule has 2 aromatic carbocycles. The predicted molar refractivity (Wildman–Crippen MR) is 118 cm³/mol. The number of aryl methyl sites for hydroxylation is 1. The van der Waals surface area contributed by atoms with E-state index >= 15 is 0 Å². The van der Waals surface area contributed by atoms with Gasteiger partial charge in [-0.2, -0.15) is 0 Å². The molecule has 1 atom stereocenters. The van der Waals surface area contributed by atoms with E-state index in [1.165, 1.54) is 0 Å². The summed E-state index contributed by atoms with van der Waals surface area (Å²) in [4.78, 5) is 26.2. The molecule has 4 N–H and O–H groups in total. The van der Waals surface area contributed by atoms with Gasteiger partial charge >= 0.3 is 5.97 Å². The number of cyclic esters (lactones) is 1. The number of ether oxygens (including phenoxy) is 1. The summed E-state index contributed by atoms with van der Waals surface area (Å²) in [6.45, 7) is 4.22. The third-order valence-electron chi connectivity index (χ3n) is 5.39.